The zero-order valence-corrected chi connectivity index (χ0v) is 10.3. The molecule has 17 heavy (non-hydrogen) atoms. The molecular formula is C11H14N2O3S. The van der Waals surface area contributed by atoms with E-state index in [0.717, 1.165) is 4.91 Å². The Morgan fingerprint density at radius 1 is 1.71 bits per heavy atom. The molecule has 0 bridgehead atoms. The maximum absolute atomic E-state index is 11.7. The predicted octanol–water partition coefficient (Wildman–Crippen LogP) is 0.535. The Labute approximate surface area is 103 Å². The SMILES string of the molecule is CC=C1C(=O)N2C(C(=O)O)=C(SCCN)CC12. The fourth-order valence-corrected chi connectivity index (χ4v) is 3.17. The van der Waals surface area contributed by atoms with E-state index in [2.05, 4.69) is 0 Å². The van der Waals surface area contributed by atoms with Crippen LogP contribution in [0.3, 0.4) is 0 Å². The summed E-state index contributed by atoms with van der Waals surface area (Å²) in [5.74, 6) is -0.541. The van der Waals surface area contributed by atoms with E-state index in [1.54, 1.807) is 13.0 Å². The Bertz CT molecular complexity index is 442. The summed E-state index contributed by atoms with van der Waals surface area (Å²) >= 11 is 1.44. The Morgan fingerprint density at radius 2 is 2.41 bits per heavy atom. The van der Waals surface area contributed by atoms with Gasteiger partial charge in [0.05, 0.1) is 6.04 Å². The second kappa shape index (κ2) is 4.54. The first-order valence-corrected chi connectivity index (χ1v) is 6.39. The lowest BCUT2D eigenvalue weighted by Crippen LogP contribution is -2.52. The average Bonchev–Trinajstić information content (AvgIpc) is 2.62. The van der Waals surface area contributed by atoms with Crippen LogP contribution in [-0.2, 0) is 9.59 Å². The number of nitrogens with two attached hydrogens (primary N) is 1. The lowest BCUT2D eigenvalue weighted by atomic mass is 9.94. The van der Waals surface area contributed by atoms with Gasteiger partial charge >= 0.3 is 5.97 Å². The number of amides is 1. The van der Waals surface area contributed by atoms with Crippen LogP contribution in [0.5, 0.6) is 0 Å². The maximum atomic E-state index is 11.7. The molecule has 6 heteroatoms. The van der Waals surface area contributed by atoms with E-state index in [1.807, 2.05) is 0 Å². The second-order valence-electron chi connectivity index (χ2n) is 3.85. The van der Waals surface area contributed by atoms with Crippen molar-refractivity contribution in [3.05, 3.63) is 22.3 Å². The van der Waals surface area contributed by atoms with Crippen LogP contribution in [0.1, 0.15) is 13.3 Å². The summed E-state index contributed by atoms with van der Waals surface area (Å²) in [4.78, 5) is 25.1. The van der Waals surface area contributed by atoms with Crippen molar-refractivity contribution in [1.82, 2.24) is 4.90 Å². The first-order chi connectivity index (χ1) is 8.11. The molecule has 2 aliphatic heterocycles. The van der Waals surface area contributed by atoms with Crippen molar-refractivity contribution in [2.24, 2.45) is 5.73 Å². The minimum absolute atomic E-state index is 0.0705. The Kier molecular flexibility index (Phi) is 3.26. The first-order valence-electron chi connectivity index (χ1n) is 5.40. The van der Waals surface area contributed by atoms with Gasteiger partial charge in [-0.25, -0.2) is 4.79 Å². The number of thioether (sulfide) groups is 1. The molecule has 0 aromatic rings. The summed E-state index contributed by atoms with van der Waals surface area (Å²) in [6.45, 7) is 2.30. The van der Waals surface area contributed by atoms with E-state index < -0.39 is 5.97 Å². The molecule has 3 N–H and O–H groups in total. The number of fused-ring (bicyclic) bond motifs is 1. The van der Waals surface area contributed by atoms with Crippen LogP contribution >= 0.6 is 11.8 Å². The third kappa shape index (κ3) is 1.77. The third-order valence-corrected chi connectivity index (χ3v) is 4.08. The molecule has 0 aromatic heterocycles. The lowest BCUT2D eigenvalue weighted by Gasteiger charge is -2.37. The molecular weight excluding hydrogens is 240 g/mol. The monoisotopic (exact) mass is 254 g/mol. The second-order valence-corrected chi connectivity index (χ2v) is 5.04. The molecule has 2 heterocycles. The largest absolute Gasteiger partial charge is 0.477 e. The molecule has 1 fully saturated rings. The fourth-order valence-electron chi connectivity index (χ4n) is 2.21. The van der Waals surface area contributed by atoms with Gasteiger partial charge in [0.25, 0.3) is 5.91 Å². The third-order valence-electron chi connectivity index (χ3n) is 2.93. The van der Waals surface area contributed by atoms with Gasteiger partial charge in [-0.2, -0.15) is 0 Å². The van der Waals surface area contributed by atoms with Gasteiger partial charge in [-0.1, -0.05) is 6.08 Å². The van der Waals surface area contributed by atoms with Gasteiger partial charge in [0.1, 0.15) is 5.70 Å². The van der Waals surface area contributed by atoms with Crippen molar-refractivity contribution in [1.29, 1.82) is 0 Å². The molecule has 2 rings (SSSR count). The summed E-state index contributed by atoms with van der Waals surface area (Å²) in [5.41, 5.74) is 6.27. The first kappa shape index (κ1) is 12.2. The number of nitrogens with zero attached hydrogens (tertiary/aromatic N) is 1. The van der Waals surface area contributed by atoms with Gasteiger partial charge in [-0.3, -0.25) is 9.69 Å². The topological polar surface area (TPSA) is 83.6 Å². The van der Waals surface area contributed by atoms with Crippen molar-refractivity contribution in [3.63, 3.8) is 0 Å². The van der Waals surface area contributed by atoms with Crippen molar-refractivity contribution < 1.29 is 14.7 Å². The molecule has 1 amide bonds. The number of allylic oxidation sites excluding steroid dienone is 1. The Morgan fingerprint density at radius 3 is 2.94 bits per heavy atom. The zero-order chi connectivity index (χ0) is 12.6. The molecule has 1 atom stereocenters. The Hall–Kier alpha value is -1.27. The van der Waals surface area contributed by atoms with E-state index >= 15 is 0 Å². The highest BCUT2D eigenvalue weighted by Crippen LogP contribution is 2.45. The summed E-state index contributed by atoms with van der Waals surface area (Å²) in [7, 11) is 0. The molecule has 2 aliphatic rings. The highest BCUT2D eigenvalue weighted by atomic mass is 32.2. The number of carboxylic acid groups (broad SMARTS) is 1. The number of carboxylic acids is 1. The molecule has 1 unspecified atom stereocenters. The molecule has 0 aliphatic carbocycles. The summed E-state index contributed by atoms with van der Waals surface area (Å²) in [5, 5.41) is 9.17. The quantitative estimate of drug-likeness (QED) is 0.565. The van der Waals surface area contributed by atoms with Gasteiger partial charge < -0.3 is 10.8 Å². The number of rotatable bonds is 4. The van der Waals surface area contributed by atoms with E-state index in [1.165, 1.54) is 16.7 Å². The van der Waals surface area contributed by atoms with Gasteiger partial charge in [-0.15, -0.1) is 11.8 Å². The molecule has 0 spiro atoms. The van der Waals surface area contributed by atoms with Gasteiger partial charge in [-0.05, 0) is 6.92 Å². The zero-order valence-electron chi connectivity index (χ0n) is 9.47. The maximum Gasteiger partial charge on any atom is 0.353 e. The summed E-state index contributed by atoms with van der Waals surface area (Å²) < 4.78 is 0. The molecule has 92 valence electrons. The average molecular weight is 254 g/mol. The van der Waals surface area contributed by atoms with E-state index in [0.29, 0.717) is 24.3 Å². The van der Waals surface area contributed by atoms with E-state index in [9.17, 15) is 9.59 Å². The van der Waals surface area contributed by atoms with Crippen molar-refractivity contribution >= 4 is 23.6 Å². The number of hydrogen-bond acceptors (Lipinski definition) is 4. The molecule has 0 radical (unpaired) electrons. The number of aliphatic carboxylic acids is 1. The van der Waals surface area contributed by atoms with Crippen molar-refractivity contribution in [2.45, 2.75) is 19.4 Å². The molecule has 0 aromatic carbocycles. The number of carbonyl (C=O) groups excluding carboxylic acids is 1. The highest BCUT2D eigenvalue weighted by Gasteiger charge is 2.51. The van der Waals surface area contributed by atoms with Crippen LogP contribution < -0.4 is 5.73 Å². The van der Waals surface area contributed by atoms with Crippen LogP contribution in [0.25, 0.3) is 0 Å². The van der Waals surface area contributed by atoms with Crippen LogP contribution in [0.15, 0.2) is 22.3 Å². The minimum Gasteiger partial charge on any atom is -0.477 e. The van der Waals surface area contributed by atoms with Crippen molar-refractivity contribution in [2.75, 3.05) is 12.3 Å². The van der Waals surface area contributed by atoms with Crippen LogP contribution in [0.4, 0.5) is 0 Å². The minimum atomic E-state index is -1.03. The van der Waals surface area contributed by atoms with Crippen LogP contribution in [0, 0.1) is 0 Å². The number of hydrogen-bond donors (Lipinski definition) is 2. The van der Waals surface area contributed by atoms with E-state index in [-0.39, 0.29) is 17.6 Å². The molecule has 1 saturated heterocycles. The fraction of sp³-hybridized carbons (Fsp3) is 0.455. The Balaban J connectivity index is 2.26. The normalized spacial score (nSPS) is 25.3. The van der Waals surface area contributed by atoms with Crippen LogP contribution in [0.2, 0.25) is 0 Å². The molecule has 5 nitrogen and oxygen atoms in total. The van der Waals surface area contributed by atoms with Gasteiger partial charge in [0.15, 0.2) is 0 Å². The highest BCUT2D eigenvalue weighted by molar-refractivity contribution is 8.03. The molecule has 0 saturated carbocycles. The van der Waals surface area contributed by atoms with Gasteiger partial charge in [0.2, 0.25) is 0 Å². The van der Waals surface area contributed by atoms with Crippen LogP contribution in [-0.4, -0.2) is 40.2 Å². The predicted molar refractivity (Wildman–Crippen MR) is 65.2 cm³/mol. The summed E-state index contributed by atoms with van der Waals surface area (Å²) in [6.07, 6.45) is 2.37. The number of carbonyl (C=O) groups is 2. The number of β-lactam (4-membered cyclic amide) rings is 1. The van der Waals surface area contributed by atoms with Crippen molar-refractivity contribution in [3.8, 4) is 0 Å². The van der Waals surface area contributed by atoms with Gasteiger partial charge in [0, 0.05) is 29.2 Å². The smallest absolute Gasteiger partial charge is 0.353 e. The lowest BCUT2D eigenvalue weighted by molar-refractivity contribution is -0.142. The summed E-state index contributed by atoms with van der Waals surface area (Å²) in [6, 6.07) is -0.0705. The standard InChI is InChI=1S/C11H14N2O3S/c1-2-6-7-5-8(17-4-3-12)9(11(15)16)13(7)10(6)14/h2,7H,3-5,12H2,1H3,(H,15,16). The van der Waals surface area contributed by atoms with E-state index in [4.69, 9.17) is 10.8 Å².